The van der Waals surface area contributed by atoms with Crippen molar-refractivity contribution in [3.05, 3.63) is 35.9 Å². The van der Waals surface area contributed by atoms with Gasteiger partial charge in [0.2, 0.25) is 0 Å². The normalized spacial score (nSPS) is 35.3. The minimum absolute atomic E-state index is 0.180. The van der Waals surface area contributed by atoms with E-state index in [4.69, 9.17) is 14.6 Å². The molecule has 0 aromatic heterocycles. The van der Waals surface area contributed by atoms with Gasteiger partial charge in [0, 0.05) is 0 Å². The SMILES string of the molecule is OC[C@H]1O[C@@H](O)[C@H](OCc2ccccc2)[C@H](O)[C@@H]1O. The molecule has 0 spiro atoms. The predicted octanol–water partition coefficient (Wildman–Crippen LogP) is -0.997. The molecule has 106 valence electrons. The Balaban J connectivity index is 1.96. The Hall–Kier alpha value is -1.02. The van der Waals surface area contributed by atoms with Gasteiger partial charge in [-0.3, -0.25) is 0 Å². The Kier molecular flexibility index (Phi) is 4.87. The number of rotatable bonds is 4. The summed E-state index contributed by atoms with van der Waals surface area (Å²) in [6.45, 7) is -0.305. The molecule has 1 heterocycles. The third-order valence-corrected chi connectivity index (χ3v) is 3.13. The molecule has 2 rings (SSSR count). The molecule has 19 heavy (non-hydrogen) atoms. The monoisotopic (exact) mass is 270 g/mol. The third-order valence-electron chi connectivity index (χ3n) is 3.13. The second-order valence-electron chi connectivity index (χ2n) is 4.49. The summed E-state index contributed by atoms with van der Waals surface area (Å²) in [5.74, 6) is 0. The van der Waals surface area contributed by atoms with Crippen molar-refractivity contribution in [2.45, 2.75) is 37.3 Å². The van der Waals surface area contributed by atoms with Gasteiger partial charge in [-0.15, -0.1) is 0 Å². The molecule has 4 N–H and O–H groups in total. The van der Waals surface area contributed by atoms with E-state index in [1.54, 1.807) is 0 Å². The second-order valence-corrected chi connectivity index (χ2v) is 4.49. The van der Waals surface area contributed by atoms with Crippen molar-refractivity contribution in [3.8, 4) is 0 Å². The molecular formula is C13H18O6. The fraction of sp³-hybridized carbons (Fsp3) is 0.538. The van der Waals surface area contributed by atoms with Crippen LogP contribution in [0.5, 0.6) is 0 Å². The zero-order valence-corrected chi connectivity index (χ0v) is 10.3. The molecule has 0 bridgehead atoms. The lowest BCUT2D eigenvalue weighted by Gasteiger charge is -2.39. The van der Waals surface area contributed by atoms with Crippen LogP contribution in [0.2, 0.25) is 0 Å². The largest absolute Gasteiger partial charge is 0.394 e. The van der Waals surface area contributed by atoms with Crippen LogP contribution in [-0.4, -0.2) is 57.7 Å². The molecule has 0 radical (unpaired) electrons. The Bertz CT molecular complexity index is 384. The molecular weight excluding hydrogens is 252 g/mol. The number of hydrogen-bond acceptors (Lipinski definition) is 6. The van der Waals surface area contributed by atoms with Gasteiger partial charge in [-0.1, -0.05) is 30.3 Å². The van der Waals surface area contributed by atoms with Gasteiger partial charge in [0.15, 0.2) is 6.29 Å². The van der Waals surface area contributed by atoms with Gasteiger partial charge in [0.05, 0.1) is 13.2 Å². The van der Waals surface area contributed by atoms with E-state index in [2.05, 4.69) is 0 Å². The summed E-state index contributed by atoms with van der Waals surface area (Å²) in [7, 11) is 0. The maximum atomic E-state index is 9.86. The van der Waals surface area contributed by atoms with Gasteiger partial charge in [-0.25, -0.2) is 0 Å². The van der Waals surface area contributed by atoms with Crippen molar-refractivity contribution in [2.24, 2.45) is 0 Å². The zero-order chi connectivity index (χ0) is 13.8. The summed E-state index contributed by atoms with van der Waals surface area (Å²) in [6.07, 6.45) is -6.07. The minimum Gasteiger partial charge on any atom is -0.394 e. The van der Waals surface area contributed by atoms with Gasteiger partial charge in [-0.05, 0) is 5.56 Å². The summed E-state index contributed by atoms with van der Waals surface area (Å²) < 4.78 is 10.4. The third kappa shape index (κ3) is 3.30. The summed E-state index contributed by atoms with van der Waals surface area (Å²) in [6, 6.07) is 9.25. The van der Waals surface area contributed by atoms with Crippen molar-refractivity contribution in [2.75, 3.05) is 6.61 Å². The van der Waals surface area contributed by atoms with Crippen LogP contribution in [0.3, 0.4) is 0 Å². The fourth-order valence-corrected chi connectivity index (χ4v) is 2.02. The quantitative estimate of drug-likeness (QED) is 0.560. The van der Waals surface area contributed by atoms with Crippen LogP contribution in [-0.2, 0) is 16.1 Å². The Morgan fingerprint density at radius 2 is 1.74 bits per heavy atom. The molecule has 6 heteroatoms. The lowest BCUT2D eigenvalue weighted by molar-refractivity contribution is -0.298. The highest BCUT2D eigenvalue weighted by atomic mass is 16.7. The van der Waals surface area contributed by atoms with Crippen LogP contribution < -0.4 is 0 Å². The number of aliphatic hydroxyl groups is 4. The molecule has 1 aromatic rings. The van der Waals surface area contributed by atoms with Crippen LogP contribution in [0.4, 0.5) is 0 Å². The molecule has 1 aromatic carbocycles. The first-order chi connectivity index (χ1) is 9.13. The molecule has 0 aliphatic carbocycles. The van der Waals surface area contributed by atoms with Crippen LogP contribution in [0.15, 0.2) is 30.3 Å². The second kappa shape index (κ2) is 6.42. The Morgan fingerprint density at radius 1 is 1.05 bits per heavy atom. The first kappa shape index (κ1) is 14.4. The van der Waals surface area contributed by atoms with Crippen LogP contribution in [0.1, 0.15) is 5.56 Å². The molecule has 1 fully saturated rings. The maximum Gasteiger partial charge on any atom is 0.184 e. The van der Waals surface area contributed by atoms with E-state index in [0.717, 1.165) is 5.56 Å². The molecule has 0 unspecified atom stereocenters. The standard InChI is InChI=1S/C13H18O6/c14-6-9-10(15)11(16)12(13(17)19-9)18-7-8-4-2-1-3-5-8/h1-5,9-17H,6-7H2/t9-,10-,11-,12-,13-/m1/s1. The summed E-state index contributed by atoms with van der Waals surface area (Å²) in [5.41, 5.74) is 0.876. The van der Waals surface area contributed by atoms with Crippen molar-refractivity contribution < 1.29 is 29.9 Å². The lowest BCUT2D eigenvalue weighted by Crippen LogP contribution is -2.59. The topological polar surface area (TPSA) is 99.4 Å². The lowest BCUT2D eigenvalue weighted by atomic mass is 9.99. The first-order valence-corrected chi connectivity index (χ1v) is 6.09. The summed E-state index contributed by atoms with van der Waals surface area (Å²) in [5, 5.41) is 38.2. The highest BCUT2D eigenvalue weighted by molar-refractivity contribution is 5.13. The fourth-order valence-electron chi connectivity index (χ4n) is 2.02. The zero-order valence-electron chi connectivity index (χ0n) is 10.3. The molecule has 1 aliphatic heterocycles. The van der Waals surface area contributed by atoms with Gasteiger partial charge < -0.3 is 29.9 Å². The van der Waals surface area contributed by atoms with E-state index >= 15 is 0 Å². The van der Waals surface area contributed by atoms with E-state index in [-0.39, 0.29) is 6.61 Å². The first-order valence-electron chi connectivity index (χ1n) is 6.09. The number of aliphatic hydroxyl groups excluding tert-OH is 4. The van der Waals surface area contributed by atoms with Crippen molar-refractivity contribution in [1.29, 1.82) is 0 Å². The summed E-state index contributed by atoms with van der Waals surface area (Å²) >= 11 is 0. The highest BCUT2D eigenvalue weighted by Gasteiger charge is 2.44. The van der Waals surface area contributed by atoms with Crippen LogP contribution >= 0.6 is 0 Å². The van der Waals surface area contributed by atoms with Gasteiger partial charge in [-0.2, -0.15) is 0 Å². The Morgan fingerprint density at radius 3 is 2.37 bits per heavy atom. The number of hydrogen-bond donors (Lipinski definition) is 4. The molecule has 0 saturated carbocycles. The number of benzene rings is 1. The molecule has 5 atom stereocenters. The van der Waals surface area contributed by atoms with Gasteiger partial charge >= 0.3 is 0 Å². The Labute approximate surface area is 110 Å². The van der Waals surface area contributed by atoms with Crippen molar-refractivity contribution in [1.82, 2.24) is 0 Å². The van der Waals surface area contributed by atoms with Crippen LogP contribution in [0, 0.1) is 0 Å². The maximum absolute atomic E-state index is 9.86. The molecule has 0 amide bonds. The van der Waals surface area contributed by atoms with Gasteiger partial charge in [0.1, 0.15) is 24.4 Å². The smallest absolute Gasteiger partial charge is 0.184 e. The molecule has 1 saturated heterocycles. The van der Waals surface area contributed by atoms with E-state index in [0.29, 0.717) is 0 Å². The predicted molar refractivity (Wildman–Crippen MR) is 65.0 cm³/mol. The average molecular weight is 270 g/mol. The highest BCUT2D eigenvalue weighted by Crippen LogP contribution is 2.23. The summed E-state index contributed by atoms with van der Waals surface area (Å²) in [4.78, 5) is 0. The van der Waals surface area contributed by atoms with E-state index in [1.165, 1.54) is 0 Å². The van der Waals surface area contributed by atoms with Crippen LogP contribution in [0.25, 0.3) is 0 Å². The van der Waals surface area contributed by atoms with Gasteiger partial charge in [0.25, 0.3) is 0 Å². The number of ether oxygens (including phenoxy) is 2. The van der Waals surface area contributed by atoms with E-state index < -0.39 is 37.3 Å². The van der Waals surface area contributed by atoms with Crippen molar-refractivity contribution in [3.63, 3.8) is 0 Å². The van der Waals surface area contributed by atoms with Crippen molar-refractivity contribution >= 4 is 0 Å². The molecule has 6 nitrogen and oxygen atoms in total. The van der Waals surface area contributed by atoms with E-state index in [1.807, 2.05) is 30.3 Å². The average Bonchev–Trinajstić information content (AvgIpc) is 2.44. The van der Waals surface area contributed by atoms with E-state index in [9.17, 15) is 15.3 Å². The molecule has 1 aliphatic rings. The minimum atomic E-state index is -1.39.